The van der Waals surface area contributed by atoms with Gasteiger partial charge in [-0.15, -0.1) is 11.3 Å². The molecule has 1 aromatic heterocycles. The van der Waals surface area contributed by atoms with Gasteiger partial charge in [-0.05, 0) is 37.6 Å². The van der Waals surface area contributed by atoms with Crippen molar-refractivity contribution in [1.82, 2.24) is 10.3 Å². The molecule has 2 rings (SSSR count). The third-order valence-electron chi connectivity index (χ3n) is 3.44. The van der Waals surface area contributed by atoms with E-state index >= 15 is 0 Å². The van der Waals surface area contributed by atoms with Gasteiger partial charge in [0.2, 0.25) is 0 Å². The zero-order chi connectivity index (χ0) is 17.5. The van der Waals surface area contributed by atoms with E-state index in [0.29, 0.717) is 17.2 Å². The van der Waals surface area contributed by atoms with Crippen molar-refractivity contribution < 1.29 is 14.3 Å². The Morgan fingerprint density at radius 3 is 2.54 bits per heavy atom. The predicted octanol–water partition coefficient (Wildman–Crippen LogP) is 3.62. The van der Waals surface area contributed by atoms with Gasteiger partial charge in [0, 0.05) is 19.0 Å². The molecule has 1 aromatic carbocycles. The van der Waals surface area contributed by atoms with Gasteiger partial charge in [-0.2, -0.15) is 0 Å². The summed E-state index contributed by atoms with van der Waals surface area (Å²) in [5.41, 5.74) is 1.68. The van der Waals surface area contributed by atoms with Gasteiger partial charge in [0.25, 0.3) is 5.91 Å². The molecule has 0 aliphatic rings. The molecule has 0 radical (unpaired) electrons. The van der Waals surface area contributed by atoms with Gasteiger partial charge in [-0.1, -0.05) is 13.3 Å². The summed E-state index contributed by atoms with van der Waals surface area (Å²) in [6, 6.07) is 7.37. The van der Waals surface area contributed by atoms with Crippen molar-refractivity contribution in [3.63, 3.8) is 0 Å². The lowest BCUT2D eigenvalue weighted by Crippen LogP contribution is -2.29. The highest BCUT2D eigenvalue weighted by atomic mass is 32.1. The molecule has 0 spiro atoms. The van der Waals surface area contributed by atoms with Crippen LogP contribution in [0.1, 0.15) is 42.1 Å². The second-order valence-corrected chi connectivity index (χ2v) is 6.51. The topological polar surface area (TPSA) is 68.3 Å². The zero-order valence-electron chi connectivity index (χ0n) is 14.2. The number of carbonyl (C=O) groups is 2. The lowest BCUT2D eigenvalue weighted by Gasteiger charge is -2.07. The van der Waals surface area contributed by atoms with E-state index < -0.39 is 0 Å². The Bertz CT molecular complexity index is 708. The maximum Gasteiger partial charge on any atom is 0.257 e. The van der Waals surface area contributed by atoms with Crippen LogP contribution < -0.4 is 10.1 Å². The molecule has 1 heterocycles. The van der Waals surface area contributed by atoms with Crippen molar-refractivity contribution in [2.75, 3.05) is 13.2 Å². The van der Waals surface area contributed by atoms with Gasteiger partial charge in [-0.3, -0.25) is 9.59 Å². The number of benzene rings is 1. The van der Waals surface area contributed by atoms with Crippen LogP contribution >= 0.6 is 11.3 Å². The first kappa shape index (κ1) is 18.1. The summed E-state index contributed by atoms with van der Waals surface area (Å²) in [4.78, 5) is 28.3. The van der Waals surface area contributed by atoms with Gasteiger partial charge in [0.15, 0.2) is 12.4 Å². The number of hydrogen-bond donors (Lipinski definition) is 1. The van der Waals surface area contributed by atoms with E-state index in [0.717, 1.165) is 29.1 Å². The number of Topliss-reactive ketones (excluding diaryl/α,β-unsaturated/α-hetero) is 1. The average Bonchev–Trinajstić information content (AvgIpc) is 2.96. The molecule has 0 aliphatic heterocycles. The number of unbranched alkanes of at least 4 members (excludes halogenated alkanes) is 1. The minimum atomic E-state index is -0.117. The van der Waals surface area contributed by atoms with Crippen LogP contribution in [0.25, 0.3) is 10.6 Å². The van der Waals surface area contributed by atoms with E-state index in [1.807, 2.05) is 19.1 Å². The monoisotopic (exact) mass is 346 g/mol. The number of ether oxygens (including phenoxy) is 1. The Morgan fingerprint density at radius 1 is 1.25 bits per heavy atom. The highest BCUT2D eigenvalue weighted by molar-refractivity contribution is 7.17. The molecule has 0 fully saturated rings. The number of aryl methyl sites for hydroxylation is 1. The zero-order valence-corrected chi connectivity index (χ0v) is 15.0. The number of nitrogens with zero attached hydrogens (tertiary/aromatic N) is 1. The van der Waals surface area contributed by atoms with Crippen LogP contribution in [0.15, 0.2) is 24.3 Å². The molecule has 0 unspecified atom stereocenters. The Hall–Kier alpha value is -2.21. The van der Waals surface area contributed by atoms with E-state index in [-0.39, 0.29) is 18.3 Å². The first-order valence-electron chi connectivity index (χ1n) is 7.99. The summed E-state index contributed by atoms with van der Waals surface area (Å²) < 4.78 is 5.47. The van der Waals surface area contributed by atoms with E-state index in [2.05, 4.69) is 17.2 Å². The molecule has 5 nitrogen and oxygen atoms in total. The summed E-state index contributed by atoms with van der Waals surface area (Å²) >= 11 is 1.39. The van der Waals surface area contributed by atoms with Crippen molar-refractivity contribution >= 4 is 23.0 Å². The maximum absolute atomic E-state index is 11.6. The van der Waals surface area contributed by atoms with Crippen molar-refractivity contribution in [2.45, 2.75) is 33.6 Å². The standard InChI is InChI=1S/C18H22N2O3S/c1-4-5-10-19-16(22)11-23-15-8-6-14(7-9-15)18-20-12(2)17(24-18)13(3)21/h6-9H,4-5,10-11H2,1-3H3,(H,19,22). The van der Waals surface area contributed by atoms with Crippen LogP contribution in [0.3, 0.4) is 0 Å². The molecule has 1 N–H and O–H groups in total. The molecule has 24 heavy (non-hydrogen) atoms. The van der Waals surface area contributed by atoms with E-state index in [4.69, 9.17) is 4.74 Å². The first-order chi connectivity index (χ1) is 11.5. The summed E-state index contributed by atoms with van der Waals surface area (Å²) in [6.07, 6.45) is 2.01. The number of carbonyl (C=O) groups excluding carboxylic acids is 2. The SMILES string of the molecule is CCCCNC(=O)COc1ccc(-c2nc(C)c(C(C)=O)s2)cc1. The lowest BCUT2D eigenvalue weighted by molar-refractivity contribution is -0.123. The number of rotatable bonds is 8. The molecule has 0 atom stereocenters. The fourth-order valence-electron chi connectivity index (χ4n) is 2.14. The molecule has 0 saturated heterocycles. The molecule has 1 amide bonds. The van der Waals surface area contributed by atoms with Crippen molar-refractivity contribution in [1.29, 1.82) is 0 Å². The molecule has 6 heteroatoms. The quantitative estimate of drug-likeness (QED) is 0.585. The van der Waals surface area contributed by atoms with Gasteiger partial charge >= 0.3 is 0 Å². The van der Waals surface area contributed by atoms with E-state index in [9.17, 15) is 9.59 Å². The van der Waals surface area contributed by atoms with Crippen LogP contribution in [0.2, 0.25) is 0 Å². The van der Waals surface area contributed by atoms with Crippen LogP contribution in [0, 0.1) is 6.92 Å². The predicted molar refractivity (Wildman–Crippen MR) is 95.7 cm³/mol. The minimum absolute atomic E-state index is 0.00784. The number of hydrogen-bond acceptors (Lipinski definition) is 5. The molecular weight excluding hydrogens is 324 g/mol. The Labute approximate surface area is 146 Å². The third kappa shape index (κ3) is 4.89. The van der Waals surface area contributed by atoms with Gasteiger partial charge < -0.3 is 10.1 Å². The smallest absolute Gasteiger partial charge is 0.257 e. The van der Waals surface area contributed by atoms with Crippen molar-refractivity contribution in [2.24, 2.45) is 0 Å². The molecule has 2 aromatic rings. The fraction of sp³-hybridized carbons (Fsp3) is 0.389. The third-order valence-corrected chi connectivity index (χ3v) is 4.75. The first-order valence-corrected chi connectivity index (χ1v) is 8.81. The molecule has 0 bridgehead atoms. The van der Waals surface area contributed by atoms with Gasteiger partial charge in [0.1, 0.15) is 10.8 Å². The van der Waals surface area contributed by atoms with Crippen LogP contribution in [0.5, 0.6) is 5.75 Å². The normalized spacial score (nSPS) is 10.5. The number of amides is 1. The van der Waals surface area contributed by atoms with Crippen LogP contribution in [-0.2, 0) is 4.79 Å². The minimum Gasteiger partial charge on any atom is -0.484 e. The number of aromatic nitrogens is 1. The maximum atomic E-state index is 11.6. The summed E-state index contributed by atoms with van der Waals surface area (Å²) in [5, 5.41) is 3.61. The number of thiazole rings is 1. The Morgan fingerprint density at radius 2 is 1.96 bits per heavy atom. The highest BCUT2D eigenvalue weighted by Gasteiger charge is 2.12. The van der Waals surface area contributed by atoms with E-state index in [1.54, 1.807) is 19.1 Å². The lowest BCUT2D eigenvalue weighted by atomic mass is 10.2. The largest absolute Gasteiger partial charge is 0.484 e. The Kier molecular flexibility index (Phi) is 6.49. The molecule has 128 valence electrons. The number of ketones is 1. The number of nitrogens with one attached hydrogen (secondary N) is 1. The second kappa shape index (κ2) is 8.59. The highest BCUT2D eigenvalue weighted by Crippen LogP contribution is 2.29. The van der Waals surface area contributed by atoms with Crippen molar-refractivity contribution in [3.8, 4) is 16.3 Å². The van der Waals surface area contributed by atoms with E-state index in [1.165, 1.54) is 11.3 Å². The van der Waals surface area contributed by atoms with Crippen molar-refractivity contribution in [3.05, 3.63) is 34.8 Å². The summed E-state index contributed by atoms with van der Waals surface area (Å²) in [7, 11) is 0. The second-order valence-electron chi connectivity index (χ2n) is 5.51. The van der Waals surface area contributed by atoms with Crippen LogP contribution in [0.4, 0.5) is 0 Å². The summed E-state index contributed by atoms with van der Waals surface area (Å²) in [5.74, 6) is 0.545. The molecule has 0 saturated carbocycles. The summed E-state index contributed by atoms with van der Waals surface area (Å²) in [6.45, 7) is 6.15. The average molecular weight is 346 g/mol. The van der Waals surface area contributed by atoms with Crippen LogP contribution in [-0.4, -0.2) is 29.8 Å². The van der Waals surface area contributed by atoms with Gasteiger partial charge in [-0.25, -0.2) is 4.98 Å². The molecule has 0 aliphatic carbocycles. The Balaban J connectivity index is 1.94. The fourth-order valence-corrected chi connectivity index (χ4v) is 3.11. The van der Waals surface area contributed by atoms with Gasteiger partial charge in [0.05, 0.1) is 10.6 Å². The molecular formula is C18H22N2O3S.